The van der Waals surface area contributed by atoms with Gasteiger partial charge >= 0.3 is 0 Å². The van der Waals surface area contributed by atoms with Gasteiger partial charge in [0.2, 0.25) is 0 Å². The minimum Gasteiger partial charge on any atom is -0.507 e. The molecule has 4 rings (SSSR count). The van der Waals surface area contributed by atoms with E-state index in [1.165, 1.54) is 23.1 Å². The molecule has 1 unspecified atom stereocenters. The van der Waals surface area contributed by atoms with Gasteiger partial charge in [-0.25, -0.2) is 4.39 Å². The molecule has 3 aromatic rings. The third-order valence-electron chi connectivity index (χ3n) is 5.31. The van der Waals surface area contributed by atoms with Gasteiger partial charge in [0.1, 0.15) is 23.9 Å². The van der Waals surface area contributed by atoms with Crippen LogP contribution in [0.15, 0.2) is 91.3 Å². The van der Waals surface area contributed by atoms with Gasteiger partial charge < -0.3 is 14.7 Å². The molecule has 0 saturated carbocycles. The molecular weight excluding hydrogens is 423 g/mol. The van der Waals surface area contributed by atoms with Crippen molar-refractivity contribution >= 4 is 17.4 Å². The number of aliphatic hydroxyl groups excluding tert-OH is 1. The maximum Gasteiger partial charge on any atom is 0.295 e. The van der Waals surface area contributed by atoms with Gasteiger partial charge in [0, 0.05) is 30.1 Å². The maximum absolute atomic E-state index is 14.8. The highest BCUT2D eigenvalue weighted by atomic mass is 19.1. The molecule has 33 heavy (non-hydrogen) atoms. The molecule has 7 heteroatoms. The Morgan fingerprint density at radius 3 is 2.55 bits per heavy atom. The number of ether oxygens (including phenoxy) is 1. The molecule has 1 aromatic heterocycles. The number of carbonyl (C=O) groups is 2. The summed E-state index contributed by atoms with van der Waals surface area (Å²) >= 11 is 0. The predicted molar refractivity (Wildman–Crippen MR) is 121 cm³/mol. The monoisotopic (exact) mass is 444 g/mol. The molecule has 1 aliphatic rings. The second kappa shape index (κ2) is 9.48. The molecule has 166 valence electrons. The Labute approximate surface area is 190 Å². The molecule has 2 aromatic carbocycles. The van der Waals surface area contributed by atoms with Crippen LogP contribution in [0.25, 0.3) is 5.76 Å². The average Bonchev–Trinajstić information content (AvgIpc) is 3.08. The molecule has 2 heterocycles. The zero-order valence-corrected chi connectivity index (χ0v) is 17.6. The molecule has 0 aliphatic carbocycles. The summed E-state index contributed by atoms with van der Waals surface area (Å²) in [6, 6.07) is 14.7. The minimum absolute atomic E-state index is 0.0303. The number of likely N-dealkylation sites (tertiary alicyclic amines) is 1. The fourth-order valence-electron chi connectivity index (χ4n) is 3.77. The second-order valence-corrected chi connectivity index (χ2v) is 7.43. The molecule has 1 N–H and O–H groups in total. The number of benzene rings is 2. The molecule has 1 fully saturated rings. The number of pyridine rings is 1. The van der Waals surface area contributed by atoms with Crippen molar-refractivity contribution < 1.29 is 23.8 Å². The van der Waals surface area contributed by atoms with Gasteiger partial charge in [0.25, 0.3) is 11.7 Å². The third-order valence-corrected chi connectivity index (χ3v) is 5.31. The fourth-order valence-corrected chi connectivity index (χ4v) is 3.77. The van der Waals surface area contributed by atoms with Crippen molar-refractivity contribution in [2.45, 2.75) is 12.6 Å². The highest BCUT2D eigenvalue weighted by molar-refractivity contribution is 6.46. The highest BCUT2D eigenvalue weighted by Gasteiger charge is 2.46. The molecule has 0 radical (unpaired) electrons. The second-order valence-electron chi connectivity index (χ2n) is 7.43. The summed E-state index contributed by atoms with van der Waals surface area (Å²) in [5.74, 6) is -2.12. The maximum atomic E-state index is 14.8. The number of rotatable bonds is 7. The van der Waals surface area contributed by atoms with Crippen LogP contribution in [0.5, 0.6) is 5.75 Å². The lowest BCUT2D eigenvalue weighted by molar-refractivity contribution is -0.140. The number of hydrogen-bond donors (Lipinski definition) is 1. The fraction of sp³-hybridized carbons (Fsp3) is 0.115. The molecule has 1 atom stereocenters. The summed E-state index contributed by atoms with van der Waals surface area (Å²) < 4.78 is 20.3. The number of amides is 1. The van der Waals surface area contributed by atoms with Crippen molar-refractivity contribution in [1.82, 2.24) is 9.88 Å². The number of ketones is 1. The van der Waals surface area contributed by atoms with E-state index in [-0.39, 0.29) is 23.4 Å². The number of Topliss-reactive ketones (excluding diaryl/α,β-unsaturated/α-hetero) is 1. The van der Waals surface area contributed by atoms with Gasteiger partial charge in [-0.05, 0) is 42.0 Å². The molecular formula is C26H21FN2O4. The van der Waals surface area contributed by atoms with Crippen LogP contribution in [-0.4, -0.2) is 33.3 Å². The minimum atomic E-state index is -1.09. The summed E-state index contributed by atoms with van der Waals surface area (Å²) in [5, 5.41) is 11.1. The SMILES string of the molecule is C=CCOc1ccc(/C(O)=C2/C(=O)C(=O)N(Cc3cccnc3)C2c2ccccc2F)cc1. The third kappa shape index (κ3) is 4.39. The lowest BCUT2D eigenvalue weighted by Gasteiger charge is -2.25. The summed E-state index contributed by atoms with van der Waals surface area (Å²) in [4.78, 5) is 31.3. The Kier molecular flexibility index (Phi) is 6.31. The van der Waals surface area contributed by atoms with Crippen LogP contribution in [0.4, 0.5) is 4.39 Å². The molecule has 1 saturated heterocycles. The van der Waals surface area contributed by atoms with Crippen LogP contribution in [0.2, 0.25) is 0 Å². The highest BCUT2D eigenvalue weighted by Crippen LogP contribution is 2.41. The van der Waals surface area contributed by atoms with Crippen LogP contribution in [0, 0.1) is 5.82 Å². The average molecular weight is 444 g/mol. The van der Waals surface area contributed by atoms with Crippen LogP contribution < -0.4 is 4.74 Å². The van der Waals surface area contributed by atoms with E-state index < -0.39 is 23.5 Å². The first kappa shape index (κ1) is 22.0. The van der Waals surface area contributed by atoms with Gasteiger partial charge in [-0.15, -0.1) is 0 Å². The number of aromatic nitrogens is 1. The van der Waals surface area contributed by atoms with Crippen LogP contribution >= 0.6 is 0 Å². The van der Waals surface area contributed by atoms with Crippen LogP contribution in [0.1, 0.15) is 22.7 Å². The Balaban J connectivity index is 1.81. The van der Waals surface area contributed by atoms with Crippen molar-refractivity contribution in [2.24, 2.45) is 0 Å². The van der Waals surface area contributed by atoms with Crippen molar-refractivity contribution in [3.05, 3.63) is 114 Å². The number of aliphatic hydroxyl groups is 1. The quantitative estimate of drug-likeness (QED) is 0.253. The molecule has 1 aliphatic heterocycles. The van der Waals surface area contributed by atoms with E-state index in [2.05, 4.69) is 11.6 Å². The van der Waals surface area contributed by atoms with Crippen molar-refractivity contribution in [1.29, 1.82) is 0 Å². The zero-order chi connectivity index (χ0) is 23.4. The summed E-state index contributed by atoms with van der Waals surface area (Å²) in [6.07, 6.45) is 4.76. The Hall–Kier alpha value is -4.26. The lowest BCUT2D eigenvalue weighted by atomic mass is 9.94. The van der Waals surface area contributed by atoms with E-state index in [4.69, 9.17) is 4.74 Å². The van der Waals surface area contributed by atoms with Gasteiger partial charge in [0.05, 0.1) is 11.6 Å². The van der Waals surface area contributed by atoms with Crippen molar-refractivity contribution in [3.8, 4) is 5.75 Å². The molecule has 0 spiro atoms. The van der Waals surface area contributed by atoms with E-state index >= 15 is 0 Å². The van der Waals surface area contributed by atoms with Gasteiger partial charge in [-0.3, -0.25) is 14.6 Å². The van der Waals surface area contributed by atoms with E-state index in [9.17, 15) is 19.1 Å². The van der Waals surface area contributed by atoms with Crippen LogP contribution in [0.3, 0.4) is 0 Å². The number of nitrogens with zero attached hydrogens (tertiary/aromatic N) is 2. The van der Waals surface area contributed by atoms with Gasteiger partial charge in [-0.2, -0.15) is 0 Å². The van der Waals surface area contributed by atoms with Crippen LogP contribution in [-0.2, 0) is 16.1 Å². The number of carbonyl (C=O) groups excluding carboxylic acids is 2. The predicted octanol–water partition coefficient (Wildman–Crippen LogP) is 4.41. The van der Waals surface area contributed by atoms with E-state index in [0.717, 1.165) is 0 Å². The Morgan fingerprint density at radius 1 is 1.12 bits per heavy atom. The van der Waals surface area contributed by atoms with E-state index in [0.29, 0.717) is 23.5 Å². The van der Waals surface area contributed by atoms with Gasteiger partial charge in [0.15, 0.2) is 0 Å². The zero-order valence-electron chi connectivity index (χ0n) is 17.6. The first-order valence-corrected chi connectivity index (χ1v) is 10.3. The molecule has 0 bridgehead atoms. The number of hydrogen-bond acceptors (Lipinski definition) is 5. The number of halogens is 1. The first-order chi connectivity index (χ1) is 16.0. The van der Waals surface area contributed by atoms with E-state index in [1.54, 1.807) is 60.9 Å². The van der Waals surface area contributed by atoms with Gasteiger partial charge in [-0.1, -0.05) is 36.9 Å². The Bertz CT molecular complexity index is 1220. The largest absolute Gasteiger partial charge is 0.507 e. The standard InChI is InChI=1S/C26H21FN2O4/c1-2-14-33-19-11-9-18(10-12-19)24(30)22-23(20-7-3-4-8-21(20)27)29(26(32)25(22)31)16-17-6-5-13-28-15-17/h2-13,15,23,30H,1,14,16H2/b24-22-. The smallest absolute Gasteiger partial charge is 0.295 e. The first-order valence-electron chi connectivity index (χ1n) is 10.3. The summed E-state index contributed by atoms with van der Waals surface area (Å²) in [5.41, 5.74) is 0.924. The molecule has 6 nitrogen and oxygen atoms in total. The Morgan fingerprint density at radius 2 is 1.88 bits per heavy atom. The molecule has 1 amide bonds. The lowest BCUT2D eigenvalue weighted by Crippen LogP contribution is -2.29. The summed E-state index contributed by atoms with van der Waals surface area (Å²) in [6.45, 7) is 3.94. The van der Waals surface area contributed by atoms with Crippen molar-refractivity contribution in [3.63, 3.8) is 0 Å². The van der Waals surface area contributed by atoms with E-state index in [1.807, 2.05) is 0 Å². The summed E-state index contributed by atoms with van der Waals surface area (Å²) in [7, 11) is 0. The normalized spacial score (nSPS) is 17.2. The van der Waals surface area contributed by atoms with Crippen molar-refractivity contribution in [2.75, 3.05) is 6.61 Å². The topological polar surface area (TPSA) is 79.7 Å².